The summed E-state index contributed by atoms with van der Waals surface area (Å²) in [6.07, 6.45) is 2.64. The van der Waals surface area contributed by atoms with Crippen molar-refractivity contribution >= 4 is 21.6 Å². The zero-order valence-corrected chi connectivity index (χ0v) is 16.7. The third-order valence-electron chi connectivity index (χ3n) is 4.17. The molecule has 0 fully saturated rings. The number of rotatable bonds is 9. The van der Waals surface area contributed by atoms with Gasteiger partial charge >= 0.3 is 0 Å². The van der Waals surface area contributed by atoms with Gasteiger partial charge < -0.3 is 10.1 Å². The van der Waals surface area contributed by atoms with Gasteiger partial charge in [-0.1, -0.05) is 30.3 Å². The second-order valence-corrected chi connectivity index (χ2v) is 8.18. The maximum Gasteiger partial charge on any atom is 0.243 e. The van der Waals surface area contributed by atoms with E-state index < -0.39 is 16.1 Å². The van der Waals surface area contributed by atoms with E-state index in [1.807, 2.05) is 24.3 Å². The molecule has 0 heterocycles. The van der Waals surface area contributed by atoms with Crippen LogP contribution in [0.5, 0.6) is 5.75 Å². The Morgan fingerprint density at radius 1 is 1.15 bits per heavy atom. The molecule has 0 bridgehead atoms. The molecular formula is C20H26N2O4S. The fourth-order valence-electron chi connectivity index (χ4n) is 2.86. The predicted octanol–water partition coefficient (Wildman–Crippen LogP) is 2.60. The van der Waals surface area contributed by atoms with Crippen molar-refractivity contribution < 1.29 is 17.9 Å². The molecule has 0 aromatic heterocycles. The predicted molar refractivity (Wildman–Crippen MR) is 108 cm³/mol. The molecule has 146 valence electrons. The third-order valence-corrected chi connectivity index (χ3v) is 5.42. The van der Waals surface area contributed by atoms with Crippen molar-refractivity contribution in [2.45, 2.75) is 25.8 Å². The van der Waals surface area contributed by atoms with Gasteiger partial charge in [-0.25, -0.2) is 8.42 Å². The Morgan fingerprint density at radius 2 is 1.85 bits per heavy atom. The largest absolute Gasteiger partial charge is 0.497 e. The monoisotopic (exact) mass is 390 g/mol. The Balaban J connectivity index is 1.93. The van der Waals surface area contributed by atoms with E-state index in [1.165, 1.54) is 0 Å². The van der Waals surface area contributed by atoms with E-state index in [2.05, 4.69) is 5.32 Å². The van der Waals surface area contributed by atoms with Crippen LogP contribution in [0.3, 0.4) is 0 Å². The highest BCUT2D eigenvalue weighted by atomic mass is 32.2. The molecule has 0 saturated carbocycles. The number of anilines is 1. The fraction of sp³-hybridized carbons (Fsp3) is 0.350. The molecule has 0 spiro atoms. The summed E-state index contributed by atoms with van der Waals surface area (Å²) in [5.74, 6) is 0.478. The summed E-state index contributed by atoms with van der Waals surface area (Å²) in [5.41, 5.74) is 1.60. The number of hydrogen-bond acceptors (Lipinski definition) is 4. The zero-order valence-electron chi connectivity index (χ0n) is 15.9. The van der Waals surface area contributed by atoms with Crippen LogP contribution < -0.4 is 14.4 Å². The first-order valence-electron chi connectivity index (χ1n) is 8.78. The first-order chi connectivity index (χ1) is 12.8. The maximum atomic E-state index is 12.5. The summed E-state index contributed by atoms with van der Waals surface area (Å²) >= 11 is 0. The number of aryl methyl sites for hydroxylation is 1. The van der Waals surface area contributed by atoms with Crippen molar-refractivity contribution in [3.05, 3.63) is 60.2 Å². The third kappa shape index (κ3) is 5.99. The quantitative estimate of drug-likeness (QED) is 0.668. The number of nitrogens with one attached hydrogen (secondary N) is 1. The average molecular weight is 391 g/mol. The minimum Gasteiger partial charge on any atom is -0.497 e. The summed E-state index contributed by atoms with van der Waals surface area (Å²) in [6, 6.07) is 15.6. The van der Waals surface area contributed by atoms with Crippen molar-refractivity contribution in [2.24, 2.45) is 0 Å². The molecule has 0 aliphatic carbocycles. The molecule has 2 rings (SSSR count). The summed E-state index contributed by atoms with van der Waals surface area (Å²) in [4.78, 5) is 12.5. The normalized spacial score (nSPS) is 12.3. The molecule has 0 aliphatic rings. The van der Waals surface area contributed by atoms with E-state index in [4.69, 9.17) is 4.74 Å². The Labute approximate surface area is 161 Å². The minimum atomic E-state index is -3.58. The second-order valence-electron chi connectivity index (χ2n) is 6.32. The summed E-state index contributed by atoms with van der Waals surface area (Å²) in [6.45, 7) is 2.05. The number of para-hydroxylation sites is 1. The molecule has 0 unspecified atom stereocenters. The average Bonchev–Trinajstić information content (AvgIpc) is 2.65. The first-order valence-corrected chi connectivity index (χ1v) is 10.6. The highest BCUT2D eigenvalue weighted by Gasteiger charge is 2.28. The van der Waals surface area contributed by atoms with Gasteiger partial charge in [-0.15, -0.1) is 0 Å². The molecular weight excluding hydrogens is 364 g/mol. The SMILES string of the molecule is COc1cccc(CCCNC(=O)[C@H](C)N(c2ccccc2)S(C)(=O)=O)c1. The Kier molecular flexibility index (Phi) is 7.24. The Bertz CT molecular complexity index is 853. The van der Waals surface area contributed by atoms with Crippen molar-refractivity contribution in [1.29, 1.82) is 0 Å². The van der Waals surface area contributed by atoms with Crippen molar-refractivity contribution in [3.8, 4) is 5.75 Å². The molecule has 6 nitrogen and oxygen atoms in total. The molecule has 1 amide bonds. The van der Waals surface area contributed by atoms with Crippen LogP contribution in [-0.4, -0.2) is 40.3 Å². The number of methoxy groups -OCH3 is 1. The van der Waals surface area contributed by atoms with Gasteiger partial charge in [0.25, 0.3) is 0 Å². The van der Waals surface area contributed by atoms with Crippen LogP contribution in [0.4, 0.5) is 5.69 Å². The molecule has 0 aliphatic heterocycles. The lowest BCUT2D eigenvalue weighted by Crippen LogP contribution is -2.48. The van der Waals surface area contributed by atoms with Crippen LogP contribution >= 0.6 is 0 Å². The maximum absolute atomic E-state index is 12.5. The van der Waals surface area contributed by atoms with E-state index in [0.717, 1.165) is 34.7 Å². The van der Waals surface area contributed by atoms with E-state index in [-0.39, 0.29) is 5.91 Å². The van der Waals surface area contributed by atoms with Gasteiger partial charge in [0.2, 0.25) is 15.9 Å². The van der Waals surface area contributed by atoms with E-state index in [9.17, 15) is 13.2 Å². The number of benzene rings is 2. The number of nitrogens with zero attached hydrogens (tertiary/aromatic N) is 1. The van der Waals surface area contributed by atoms with Crippen LogP contribution in [0.15, 0.2) is 54.6 Å². The van der Waals surface area contributed by atoms with Gasteiger partial charge in [0, 0.05) is 6.54 Å². The highest BCUT2D eigenvalue weighted by Crippen LogP contribution is 2.20. The van der Waals surface area contributed by atoms with Crippen molar-refractivity contribution in [1.82, 2.24) is 5.32 Å². The summed E-state index contributed by atoms with van der Waals surface area (Å²) < 4.78 is 30.7. The molecule has 1 N–H and O–H groups in total. The lowest BCUT2D eigenvalue weighted by molar-refractivity contribution is -0.121. The molecule has 27 heavy (non-hydrogen) atoms. The Hall–Kier alpha value is -2.54. The topological polar surface area (TPSA) is 75.7 Å². The summed E-state index contributed by atoms with van der Waals surface area (Å²) in [7, 11) is -1.96. The zero-order chi connectivity index (χ0) is 19.9. The van der Waals surface area contributed by atoms with Crippen LogP contribution in [0.25, 0.3) is 0 Å². The number of carbonyl (C=O) groups excluding carboxylic acids is 1. The Morgan fingerprint density at radius 3 is 2.48 bits per heavy atom. The molecule has 1 atom stereocenters. The van der Waals surface area contributed by atoms with E-state index in [1.54, 1.807) is 44.4 Å². The molecule has 2 aromatic carbocycles. The van der Waals surface area contributed by atoms with Gasteiger partial charge in [0.1, 0.15) is 11.8 Å². The number of amides is 1. The lowest BCUT2D eigenvalue weighted by Gasteiger charge is -2.28. The molecule has 0 saturated heterocycles. The van der Waals surface area contributed by atoms with Gasteiger partial charge in [-0.05, 0) is 49.6 Å². The van der Waals surface area contributed by atoms with Gasteiger partial charge in [-0.2, -0.15) is 0 Å². The van der Waals surface area contributed by atoms with Crippen LogP contribution in [0, 0.1) is 0 Å². The first kappa shape index (κ1) is 20.8. The number of sulfonamides is 1. The number of ether oxygens (including phenoxy) is 1. The van der Waals surface area contributed by atoms with Gasteiger partial charge in [0.15, 0.2) is 0 Å². The van der Waals surface area contributed by atoms with Crippen LogP contribution in [0.2, 0.25) is 0 Å². The standard InChI is InChI=1S/C20H26N2O4S/c1-16(22(27(3,24)25)18-11-5-4-6-12-18)20(23)21-14-8-10-17-9-7-13-19(15-17)26-2/h4-7,9,11-13,15-16H,8,10,14H2,1-3H3,(H,21,23)/t16-/m0/s1. The highest BCUT2D eigenvalue weighted by molar-refractivity contribution is 7.92. The van der Waals surface area contributed by atoms with E-state index in [0.29, 0.717) is 12.2 Å². The van der Waals surface area contributed by atoms with Crippen LogP contribution in [-0.2, 0) is 21.2 Å². The van der Waals surface area contributed by atoms with Crippen molar-refractivity contribution in [3.63, 3.8) is 0 Å². The number of carbonyl (C=O) groups is 1. The second kappa shape index (κ2) is 9.41. The lowest BCUT2D eigenvalue weighted by atomic mass is 10.1. The van der Waals surface area contributed by atoms with E-state index >= 15 is 0 Å². The smallest absolute Gasteiger partial charge is 0.243 e. The molecule has 7 heteroatoms. The van der Waals surface area contributed by atoms with Gasteiger partial charge in [-0.3, -0.25) is 9.10 Å². The van der Waals surface area contributed by atoms with Crippen molar-refractivity contribution in [2.75, 3.05) is 24.2 Å². The fourth-order valence-corrected chi connectivity index (χ4v) is 4.04. The summed E-state index contributed by atoms with van der Waals surface area (Å²) in [5, 5.41) is 2.83. The van der Waals surface area contributed by atoms with Crippen LogP contribution in [0.1, 0.15) is 18.9 Å². The number of hydrogen-bond donors (Lipinski definition) is 1. The van der Waals surface area contributed by atoms with Gasteiger partial charge in [0.05, 0.1) is 19.1 Å². The molecule has 2 aromatic rings. The minimum absolute atomic E-state index is 0.324. The molecule has 0 radical (unpaired) electrons.